The van der Waals surface area contributed by atoms with Gasteiger partial charge in [0.25, 0.3) is 0 Å². The predicted octanol–water partition coefficient (Wildman–Crippen LogP) is 1.44. The monoisotopic (exact) mass is 273 g/mol. The molecule has 0 bridgehead atoms. The van der Waals surface area contributed by atoms with Gasteiger partial charge in [0.15, 0.2) is 9.84 Å². The molecule has 0 aromatic carbocycles. The second kappa shape index (κ2) is 6.74. The number of carbonyl (C=O) groups excluding carboxylic acids is 1. The molecule has 2 atom stereocenters. The normalized spacial score (nSPS) is 24.9. The van der Waals surface area contributed by atoms with Crippen molar-refractivity contribution in [2.45, 2.75) is 44.3 Å². The largest absolute Gasteiger partial charge is 0.465 e. The van der Waals surface area contributed by atoms with E-state index in [0.717, 1.165) is 19.3 Å². The van der Waals surface area contributed by atoms with Crippen LogP contribution in [0.25, 0.3) is 0 Å². The number of sulfone groups is 1. The highest BCUT2D eigenvalue weighted by Crippen LogP contribution is 2.28. The lowest BCUT2D eigenvalue weighted by Gasteiger charge is -2.19. The Morgan fingerprint density at radius 2 is 2.00 bits per heavy atom. The minimum atomic E-state index is -3.59. The Kier molecular flexibility index (Phi) is 5.60. The van der Waals surface area contributed by atoms with Crippen molar-refractivity contribution in [2.24, 2.45) is 5.92 Å². The van der Waals surface area contributed by atoms with E-state index in [2.05, 4.69) is 10.8 Å². The van der Waals surface area contributed by atoms with Gasteiger partial charge in [-0.15, -0.1) is 0 Å². The van der Waals surface area contributed by atoms with E-state index in [9.17, 15) is 13.2 Å². The van der Waals surface area contributed by atoms with Gasteiger partial charge in [0, 0.05) is 0 Å². The fraction of sp³-hybridized carbons (Fsp3) is 0.833. The van der Waals surface area contributed by atoms with Gasteiger partial charge < -0.3 is 4.74 Å². The van der Waals surface area contributed by atoms with Crippen LogP contribution in [-0.2, 0) is 19.4 Å². The Labute approximate surface area is 108 Å². The van der Waals surface area contributed by atoms with Gasteiger partial charge in [0.05, 0.1) is 23.8 Å². The number of nitriles is 1. The molecule has 6 heteroatoms. The number of esters is 1. The molecule has 0 radical (unpaired) electrons. The first-order valence-corrected chi connectivity index (χ1v) is 7.99. The molecule has 0 aromatic heterocycles. The molecule has 0 amide bonds. The van der Waals surface area contributed by atoms with Gasteiger partial charge in [-0.2, -0.15) is 5.26 Å². The molecule has 0 spiro atoms. The average molecular weight is 273 g/mol. The summed E-state index contributed by atoms with van der Waals surface area (Å²) in [6, 6.07) is 2.07. The lowest BCUT2D eigenvalue weighted by atomic mass is 10.0. The van der Waals surface area contributed by atoms with Crippen molar-refractivity contribution < 1.29 is 17.9 Å². The third-order valence-corrected chi connectivity index (χ3v) is 5.33. The summed E-state index contributed by atoms with van der Waals surface area (Å²) in [4.78, 5) is 11.3. The zero-order valence-electron chi connectivity index (χ0n) is 10.6. The van der Waals surface area contributed by atoms with Crippen molar-refractivity contribution in [2.75, 3.05) is 12.4 Å². The van der Waals surface area contributed by atoms with Crippen molar-refractivity contribution in [1.29, 1.82) is 5.26 Å². The van der Waals surface area contributed by atoms with E-state index in [1.54, 1.807) is 6.92 Å². The highest BCUT2D eigenvalue weighted by Gasteiger charge is 2.36. The SMILES string of the molecule is CCOC(=O)CS(=O)(=O)C1CCCCCC1C#N. The van der Waals surface area contributed by atoms with Gasteiger partial charge in [0.1, 0.15) is 5.75 Å². The van der Waals surface area contributed by atoms with Crippen LogP contribution in [0.5, 0.6) is 0 Å². The third kappa shape index (κ3) is 3.98. The molecule has 1 saturated carbocycles. The van der Waals surface area contributed by atoms with Gasteiger partial charge in [0.2, 0.25) is 0 Å². The summed E-state index contributed by atoms with van der Waals surface area (Å²) in [5.41, 5.74) is 0. The number of carbonyl (C=O) groups is 1. The van der Waals surface area contributed by atoms with Crippen molar-refractivity contribution >= 4 is 15.8 Å². The first-order valence-electron chi connectivity index (χ1n) is 6.28. The van der Waals surface area contributed by atoms with E-state index in [0.29, 0.717) is 12.8 Å². The Bertz CT molecular complexity index is 424. The summed E-state index contributed by atoms with van der Waals surface area (Å²) in [7, 11) is -3.59. The Morgan fingerprint density at radius 3 is 2.61 bits per heavy atom. The van der Waals surface area contributed by atoms with Crippen LogP contribution < -0.4 is 0 Å². The number of rotatable bonds is 4. The predicted molar refractivity (Wildman–Crippen MR) is 66.4 cm³/mol. The summed E-state index contributed by atoms with van der Waals surface area (Å²) in [6.07, 6.45) is 3.70. The van der Waals surface area contributed by atoms with E-state index < -0.39 is 32.7 Å². The van der Waals surface area contributed by atoms with Crippen LogP contribution in [0.3, 0.4) is 0 Å². The number of nitrogens with zero attached hydrogens (tertiary/aromatic N) is 1. The quantitative estimate of drug-likeness (QED) is 0.571. The molecule has 1 rings (SSSR count). The van der Waals surface area contributed by atoms with Crippen LogP contribution in [0, 0.1) is 17.2 Å². The van der Waals surface area contributed by atoms with E-state index in [1.807, 2.05) is 0 Å². The maximum Gasteiger partial charge on any atom is 0.321 e. The van der Waals surface area contributed by atoms with Crippen LogP contribution in [0.15, 0.2) is 0 Å². The molecule has 2 unspecified atom stereocenters. The third-order valence-electron chi connectivity index (χ3n) is 3.20. The van der Waals surface area contributed by atoms with Gasteiger partial charge in [-0.25, -0.2) is 8.42 Å². The summed E-state index contributed by atoms with van der Waals surface area (Å²) >= 11 is 0. The fourth-order valence-corrected chi connectivity index (χ4v) is 4.17. The van der Waals surface area contributed by atoms with Gasteiger partial charge >= 0.3 is 5.97 Å². The van der Waals surface area contributed by atoms with Crippen molar-refractivity contribution in [3.8, 4) is 6.07 Å². The molecule has 102 valence electrons. The fourth-order valence-electron chi connectivity index (χ4n) is 2.33. The summed E-state index contributed by atoms with van der Waals surface area (Å²) < 4.78 is 28.9. The second-order valence-electron chi connectivity index (χ2n) is 4.52. The molecule has 0 heterocycles. The van der Waals surface area contributed by atoms with Gasteiger partial charge in [-0.3, -0.25) is 4.79 Å². The van der Waals surface area contributed by atoms with Crippen LogP contribution in [0.1, 0.15) is 39.0 Å². The lowest BCUT2D eigenvalue weighted by Crippen LogP contribution is -2.33. The van der Waals surface area contributed by atoms with Crippen molar-refractivity contribution in [3.63, 3.8) is 0 Å². The first kappa shape index (κ1) is 15.0. The lowest BCUT2D eigenvalue weighted by molar-refractivity contribution is -0.139. The molecule has 1 aliphatic carbocycles. The minimum absolute atomic E-state index is 0.167. The summed E-state index contributed by atoms with van der Waals surface area (Å²) in [5.74, 6) is -1.82. The Morgan fingerprint density at radius 1 is 1.33 bits per heavy atom. The van der Waals surface area contributed by atoms with Crippen LogP contribution in [0.4, 0.5) is 0 Å². The maximum absolute atomic E-state index is 12.1. The smallest absolute Gasteiger partial charge is 0.321 e. The zero-order valence-corrected chi connectivity index (χ0v) is 11.4. The molecule has 0 aromatic rings. The van der Waals surface area contributed by atoms with E-state index >= 15 is 0 Å². The highest BCUT2D eigenvalue weighted by molar-refractivity contribution is 7.92. The topological polar surface area (TPSA) is 84.2 Å². The van der Waals surface area contributed by atoms with Gasteiger partial charge in [-0.05, 0) is 19.8 Å². The molecule has 1 aliphatic rings. The van der Waals surface area contributed by atoms with Crippen LogP contribution in [-0.4, -0.2) is 32.0 Å². The molecule has 0 aliphatic heterocycles. The molecular formula is C12H19NO4S. The second-order valence-corrected chi connectivity index (χ2v) is 6.74. The number of hydrogen-bond donors (Lipinski definition) is 0. The number of ether oxygens (including phenoxy) is 1. The summed E-state index contributed by atoms with van der Waals surface area (Å²) in [6.45, 7) is 1.80. The van der Waals surface area contributed by atoms with E-state index in [-0.39, 0.29) is 6.61 Å². The van der Waals surface area contributed by atoms with Crippen LogP contribution in [0.2, 0.25) is 0 Å². The average Bonchev–Trinajstić information content (AvgIpc) is 2.53. The molecule has 0 saturated heterocycles. The molecule has 5 nitrogen and oxygen atoms in total. The number of hydrogen-bond acceptors (Lipinski definition) is 5. The van der Waals surface area contributed by atoms with Crippen molar-refractivity contribution in [3.05, 3.63) is 0 Å². The standard InChI is InChI=1S/C12H19NO4S/c1-2-17-12(14)9-18(15,16)11-7-5-3-4-6-10(11)8-13/h10-11H,2-7,9H2,1H3. The highest BCUT2D eigenvalue weighted by atomic mass is 32.2. The Hall–Kier alpha value is -1.09. The Balaban J connectivity index is 2.81. The molecule has 18 heavy (non-hydrogen) atoms. The molecule has 0 N–H and O–H groups in total. The van der Waals surface area contributed by atoms with Crippen molar-refractivity contribution in [1.82, 2.24) is 0 Å². The molecule has 1 fully saturated rings. The van der Waals surface area contributed by atoms with Gasteiger partial charge in [-0.1, -0.05) is 19.3 Å². The van der Waals surface area contributed by atoms with E-state index in [1.165, 1.54) is 0 Å². The first-order chi connectivity index (χ1) is 8.51. The van der Waals surface area contributed by atoms with E-state index in [4.69, 9.17) is 5.26 Å². The zero-order chi connectivity index (χ0) is 13.6. The minimum Gasteiger partial charge on any atom is -0.465 e. The molecular weight excluding hydrogens is 254 g/mol. The maximum atomic E-state index is 12.1. The summed E-state index contributed by atoms with van der Waals surface area (Å²) in [5, 5.41) is 8.34. The van der Waals surface area contributed by atoms with Crippen LogP contribution >= 0.6 is 0 Å².